The van der Waals surface area contributed by atoms with E-state index in [2.05, 4.69) is 60.4 Å². The Hall–Kier alpha value is -1.68. The Balaban J connectivity index is 1.67. The number of benzene rings is 1. The van der Waals surface area contributed by atoms with Crippen LogP contribution in [0, 0.1) is 0 Å². The van der Waals surface area contributed by atoms with Gasteiger partial charge in [-0.25, -0.2) is 9.67 Å². The number of nitrogens with one attached hydrogen (secondary N) is 1. The minimum absolute atomic E-state index is 0.200. The maximum atomic E-state index is 4.36. The first kappa shape index (κ1) is 14.3. The molecule has 0 aliphatic heterocycles. The molecule has 1 N–H and O–H groups in total. The Labute approximate surface area is 126 Å². The zero-order chi connectivity index (χ0) is 14.9. The summed E-state index contributed by atoms with van der Waals surface area (Å²) in [5.74, 6) is 1.02. The highest BCUT2D eigenvalue weighted by molar-refractivity contribution is 5.27. The molecule has 0 saturated heterocycles. The van der Waals surface area contributed by atoms with Crippen LogP contribution < -0.4 is 5.32 Å². The molecule has 21 heavy (non-hydrogen) atoms. The predicted octanol–water partition coefficient (Wildman–Crippen LogP) is 2.88. The van der Waals surface area contributed by atoms with E-state index in [1.54, 1.807) is 6.33 Å². The Morgan fingerprint density at radius 1 is 1.19 bits per heavy atom. The molecule has 0 atom stereocenters. The third kappa shape index (κ3) is 3.70. The van der Waals surface area contributed by atoms with E-state index < -0.39 is 0 Å². The first-order valence-corrected chi connectivity index (χ1v) is 7.72. The van der Waals surface area contributed by atoms with Gasteiger partial charge in [-0.3, -0.25) is 0 Å². The van der Waals surface area contributed by atoms with E-state index in [0.717, 1.165) is 18.9 Å². The molecule has 1 aliphatic rings. The summed E-state index contributed by atoms with van der Waals surface area (Å²) >= 11 is 0. The van der Waals surface area contributed by atoms with Gasteiger partial charge in [0.1, 0.15) is 12.2 Å². The van der Waals surface area contributed by atoms with Gasteiger partial charge in [-0.1, -0.05) is 45.0 Å². The summed E-state index contributed by atoms with van der Waals surface area (Å²) in [6.45, 7) is 8.31. The molecule has 112 valence electrons. The second-order valence-corrected chi connectivity index (χ2v) is 6.94. The molecule has 4 nitrogen and oxygen atoms in total. The lowest BCUT2D eigenvalue weighted by molar-refractivity contribution is 0.579. The van der Waals surface area contributed by atoms with Gasteiger partial charge in [-0.2, -0.15) is 5.10 Å². The van der Waals surface area contributed by atoms with Crippen molar-refractivity contribution >= 4 is 0 Å². The first-order chi connectivity index (χ1) is 10.0. The molecule has 1 aromatic heterocycles. The highest BCUT2D eigenvalue weighted by Crippen LogP contribution is 2.22. The molecule has 2 aromatic rings. The van der Waals surface area contributed by atoms with E-state index in [9.17, 15) is 0 Å². The standard InChI is InChI=1S/C17H24N4/c1-17(2,3)14-6-4-13(5-7-14)11-21-16(19-12-20-21)10-18-15-8-9-15/h4-7,12,15,18H,8-11H2,1-3H3. The Morgan fingerprint density at radius 3 is 2.52 bits per heavy atom. The van der Waals surface area contributed by atoms with Crippen LogP contribution >= 0.6 is 0 Å². The fourth-order valence-corrected chi connectivity index (χ4v) is 2.36. The molecule has 0 unspecified atom stereocenters. The highest BCUT2D eigenvalue weighted by Gasteiger charge is 2.21. The van der Waals surface area contributed by atoms with Crippen molar-refractivity contribution in [1.82, 2.24) is 20.1 Å². The predicted molar refractivity (Wildman–Crippen MR) is 84.1 cm³/mol. The quantitative estimate of drug-likeness (QED) is 0.918. The van der Waals surface area contributed by atoms with Crippen molar-refractivity contribution in [3.8, 4) is 0 Å². The Bertz CT molecular complexity index is 588. The fourth-order valence-electron chi connectivity index (χ4n) is 2.36. The lowest BCUT2D eigenvalue weighted by atomic mass is 9.87. The SMILES string of the molecule is CC(C)(C)c1ccc(Cn2ncnc2CNC2CC2)cc1. The van der Waals surface area contributed by atoms with Crippen LogP contribution in [0.5, 0.6) is 0 Å². The molecule has 3 rings (SSSR count). The molecule has 0 bridgehead atoms. The maximum absolute atomic E-state index is 4.36. The molecule has 1 aromatic carbocycles. The molecule has 4 heteroatoms. The number of hydrogen-bond donors (Lipinski definition) is 1. The van der Waals surface area contributed by atoms with Crippen LogP contribution in [-0.4, -0.2) is 20.8 Å². The molecule has 1 aliphatic carbocycles. The molecule has 0 radical (unpaired) electrons. The van der Waals surface area contributed by atoms with E-state index in [1.165, 1.54) is 24.0 Å². The van der Waals surface area contributed by atoms with Gasteiger partial charge < -0.3 is 5.32 Å². The van der Waals surface area contributed by atoms with E-state index in [1.807, 2.05) is 4.68 Å². The van der Waals surface area contributed by atoms with Gasteiger partial charge in [0.15, 0.2) is 0 Å². The summed E-state index contributed by atoms with van der Waals surface area (Å²) in [7, 11) is 0. The Morgan fingerprint density at radius 2 is 1.90 bits per heavy atom. The van der Waals surface area contributed by atoms with Crippen LogP contribution in [0.15, 0.2) is 30.6 Å². The van der Waals surface area contributed by atoms with Crippen LogP contribution in [0.2, 0.25) is 0 Å². The molecule has 0 spiro atoms. The summed E-state index contributed by atoms with van der Waals surface area (Å²) in [6, 6.07) is 9.52. The van der Waals surface area contributed by atoms with Crippen molar-refractivity contribution in [2.45, 2.75) is 58.2 Å². The van der Waals surface area contributed by atoms with Crippen molar-refractivity contribution in [3.05, 3.63) is 47.5 Å². The summed E-state index contributed by atoms with van der Waals surface area (Å²) < 4.78 is 1.99. The van der Waals surface area contributed by atoms with Crippen LogP contribution in [0.1, 0.15) is 50.6 Å². The minimum Gasteiger partial charge on any atom is -0.307 e. The van der Waals surface area contributed by atoms with Crippen molar-refractivity contribution in [3.63, 3.8) is 0 Å². The zero-order valence-electron chi connectivity index (χ0n) is 13.1. The molecular weight excluding hydrogens is 260 g/mol. The Kier molecular flexibility index (Phi) is 3.81. The topological polar surface area (TPSA) is 42.7 Å². The first-order valence-electron chi connectivity index (χ1n) is 7.72. The third-order valence-corrected chi connectivity index (χ3v) is 3.97. The lowest BCUT2D eigenvalue weighted by Crippen LogP contribution is -2.19. The number of nitrogens with zero attached hydrogens (tertiary/aromatic N) is 3. The van der Waals surface area contributed by atoms with Crippen molar-refractivity contribution in [1.29, 1.82) is 0 Å². The van der Waals surface area contributed by atoms with Crippen molar-refractivity contribution < 1.29 is 0 Å². The van der Waals surface area contributed by atoms with Gasteiger partial charge in [0.2, 0.25) is 0 Å². The highest BCUT2D eigenvalue weighted by atomic mass is 15.3. The van der Waals surface area contributed by atoms with Crippen LogP contribution in [0.3, 0.4) is 0 Å². The monoisotopic (exact) mass is 284 g/mol. The number of rotatable bonds is 5. The molecule has 1 fully saturated rings. The number of hydrogen-bond acceptors (Lipinski definition) is 3. The van der Waals surface area contributed by atoms with Gasteiger partial charge in [0.05, 0.1) is 13.1 Å². The summed E-state index contributed by atoms with van der Waals surface area (Å²) in [6.07, 6.45) is 4.23. The molecule has 1 saturated carbocycles. The van der Waals surface area contributed by atoms with E-state index >= 15 is 0 Å². The van der Waals surface area contributed by atoms with Crippen molar-refractivity contribution in [2.24, 2.45) is 0 Å². The second-order valence-electron chi connectivity index (χ2n) is 6.94. The van der Waals surface area contributed by atoms with E-state index in [-0.39, 0.29) is 5.41 Å². The summed E-state index contributed by atoms with van der Waals surface area (Å²) in [4.78, 5) is 4.36. The fraction of sp³-hybridized carbons (Fsp3) is 0.529. The molecular formula is C17H24N4. The van der Waals surface area contributed by atoms with Crippen LogP contribution in [0.4, 0.5) is 0 Å². The lowest BCUT2D eigenvalue weighted by Gasteiger charge is -2.19. The maximum Gasteiger partial charge on any atom is 0.141 e. The normalized spacial score (nSPS) is 15.4. The van der Waals surface area contributed by atoms with E-state index in [0.29, 0.717) is 6.04 Å². The van der Waals surface area contributed by atoms with Crippen molar-refractivity contribution in [2.75, 3.05) is 0 Å². The third-order valence-electron chi connectivity index (χ3n) is 3.97. The second kappa shape index (κ2) is 5.60. The minimum atomic E-state index is 0.200. The van der Waals surface area contributed by atoms with Crippen LogP contribution in [0.25, 0.3) is 0 Å². The molecule has 1 heterocycles. The van der Waals surface area contributed by atoms with Gasteiger partial charge in [0, 0.05) is 6.04 Å². The van der Waals surface area contributed by atoms with E-state index in [4.69, 9.17) is 0 Å². The van der Waals surface area contributed by atoms with Gasteiger partial charge in [-0.15, -0.1) is 0 Å². The zero-order valence-corrected chi connectivity index (χ0v) is 13.1. The van der Waals surface area contributed by atoms with Crippen LogP contribution in [-0.2, 0) is 18.5 Å². The summed E-state index contributed by atoms with van der Waals surface area (Å²) in [5.41, 5.74) is 2.83. The smallest absolute Gasteiger partial charge is 0.141 e. The summed E-state index contributed by atoms with van der Waals surface area (Å²) in [5, 5.41) is 7.84. The largest absolute Gasteiger partial charge is 0.307 e. The van der Waals surface area contributed by atoms with Gasteiger partial charge in [0.25, 0.3) is 0 Å². The van der Waals surface area contributed by atoms with Gasteiger partial charge >= 0.3 is 0 Å². The van der Waals surface area contributed by atoms with Gasteiger partial charge in [-0.05, 0) is 29.4 Å². The molecule has 0 amide bonds. The average molecular weight is 284 g/mol. The number of aromatic nitrogens is 3. The average Bonchev–Trinajstić information content (AvgIpc) is 3.17.